The second-order valence-electron chi connectivity index (χ2n) is 9.87. The van der Waals surface area contributed by atoms with E-state index >= 15 is 0 Å². The SMILES string of the molecule is Cc1ccc(NC(=O)C(NC(=O)C23CC4CC(CC(C4)C2)C3)C(C)C)c(Br)c1. The fraction of sp³-hybridized carbons (Fsp3) is 0.652. The summed E-state index contributed by atoms with van der Waals surface area (Å²) >= 11 is 3.52. The van der Waals surface area contributed by atoms with Gasteiger partial charge in [0, 0.05) is 9.89 Å². The van der Waals surface area contributed by atoms with Crippen LogP contribution in [0.3, 0.4) is 0 Å². The highest BCUT2D eigenvalue weighted by molar-refractivity contribution is 9.10. The van der Waals surface area contributed by atoms with Crippen molar-refractivity contribution in [1.82, 2.24) is 5.32 Å². The van der Waals surface area contributed by atoms with Gasteiger partial charge in [0.1, 0.15) is 6.04 Å². The Labute approximate surface area is 176 Å². The van der Waals surface area contributed by atoms with Crippen LogP contribution in [-0.2, 0) is 9.59 Å². The van der Waals surface area contributed by atoms with Crippen LogP contribution in [0.1, 0.15) is 57.9 Å². The van der Waals surface area contributed by atoms with Crippen LogP contribution in [0.5, 0.6) is 0 Å². The van der Waals surface area contributed by atoms with Gasteiger partial charge in [0.15, 0.2) is 0 Å². The van der Waals surface area contributed by atoms with E-state index in [1.165, 1.54) is 19.3 Å². The van der Waals surface area contributed by atoms with Crippen LogP contribution in [-0.4, -0.2) is 17.9 Å². The van der Waals surface area contributed by atoms with Crippen molar-refractivity contribution in [2.45, 2.75) is 65.3 Å². The van der Waals surface area contributed by atoms with Gasteiger partial charge in [-0.25, -0.2) is 0 Å². The van der Waals surface area contributed by atoms with E-state index in [4.69, 9.17) is 0 Å². The van der Waals surface area contributed by atoms with E-state index in [1.54, 1.807) is 0 Å². The summed E-state index contributed by atoms with van der Waals surface area (Å²) in [5.74, 6) is 2.15. The molecule has 4 aliphatic carbocycles. The number of aryl methyl sites for hydroxylation is 1. The lowest BCUT2D eigenvalue weighted by atomic mass is 9.49. The van der Waals surface area contributed by atoms with Gasteiger partial charge in [-0.1, -0.05) is 19.9 Å². The van der Waals surface area contributed by atoms with Gasteiger partial charge in [-0.05, 0) is 103 Å². The molecule has 0 saturated heterocycles. The normalized spacial score (nSPS) is 31.7. The predicted octanol–water partition coefficient (Wildman–Crippen LogP) is 5.05. The van der Waals surface area contributed by atoms with E-state index in [0.717, 1.165) is 35.0 Å². The van der Waals surface area contributed by atoms with Gasteiger partial charge >= 0.3 is 0 Å². The summed E-state index contributed by atoms with van der Waals surface area (Å²) < 4.78 is 0.857. The Morgan fingerprint density at radius 1 is 1.07 bits per heavy atom. The van der Waals surface area contributed by atoms with Crippen molar-refractivity contribution in [1.29, 1.82) is 0 Å². The van der Waals surface area contributed by atoms with Crippen LogP contribution in [0.25, 0.3) is 0 Å². The van der Waals surface area contributed by atoms with E-state index in [0.29, 0.717) is 17.8 Å². The highest BCUT2D eigenvalue weighted by Crippen LogP contribution is 2.60. The molecule has 1 atom stereocenters. The van der Waals surface area contributed by atoms with Gasteiger partial charge in [-0.15, -0.1) is 0 Å². The lowest BCUT2D eigenvalue weighted by Crippen LogP contribution is -2.57. The highest BCUT2D eigenvalue weighted by Gasteiger charge is 2.55. The van der Waals surface area contributed by atoms with Gasteiger partial charge in [0.05, 0.1) is 5.69 Å². The molecule has 5 rings (SSSR count). The largest absolute Gasteiger partial charge is 0.344 e. The second kappa shape index (κ2) is 7.47. The van der Waals surface area contributed by atoms with Crippen molar-refractivity contribution in [3.8, 4) is 0 Å². The number of anilines is 1. The van der Waals surface area contributed by atoms with Crippen molar-refractivity contribution >= 4 is 33.4 Å². The minimum atomic E-state index is -0.520. The zero-order valence-electron chi connectivity index (χ0n) is 17.1. The molecule has 1 aromatic carbocycles. The Kier molecular flexibility index (Phi) is 5.32. The molecule has 4 fully saturated rings. The highest BCUT2D eigenvalue weighted by atomic mass is 79.9. The van der Waals surface area contributed by atoms with Crippen molar-refractivity contribution in [2.24, 2.45) is 29.1 Å². The molecule has 4 bridgehead atoms. The standard InChI is InChI=1S/C23H31BrN2O2/c1-13(2)20(21(27)25-19-5-4-14(3)6-18(19)24)26-22(28)23-10-15-7-16(11-23)9-17(8-15)12-23/h4-6,13,15-17,20H,7-12H2,1-3H3,(H,25,27)(H,26,28). The van der Waals surface area contributed by atoms with E-state index < -0.39 is 6.04 Å². The molecule has 0 radical (unpaired) electrons. The summed E-state index contributed by atoms with van der Waals surface area (Å²) in [5, 5.41) is 6.16. The minimum Gasteiger partial charge on any atom is -0.344 e. The van der Waals surface area contributed by atoms with E-state index in [-0.39, 0.29) is 23.1 Å². The number of amides is 2. The maximum atomic E-state index is 13.4. The van der Waals surface area contributed by atoms with Crippen LogP contribution in [0.4, 0.5) is 5.69 Å². The first kappa shape index (κ1) is 19.9. The van der Waals surface area contributed by atoms with E-state index in [1.807, 2.05) is 39.0 Å². The third-order valence-electron chi connectivity index (χ3n) is 7.14. The van der Waals surface area contributed by atoms with Gasteiger partial charge in [-0.3, -0.25) is 9.59 Å². The van der Waals surface area contributed by atoms with Gasteiger partial charge in [0.25, 0.3) is 0 Å². The Morgan fingerprint density at radius 2 is 1.64 bits per heavy atom. The van der Waals surface area contributed by atoms with E-state index in [9.17, 15) is 9.59 Å². The number of nitrogens with one attached hydrogen (secondary N) is 2. The van der Waals surface area contributed by atoms with Crippen LogP contribution < -0.4 is 10.6 Å². The average Bonchev–Trinajstić information content (AvgIpc) is 2.60. The number of carbonyl (C=O) groups is 2. The number of benzene rings is 1. The van der Waals surface area contributed by atoms with Crippen molar-refractivity contribution in [3.63, 3.8) is 0 Å². The summed E-state index contributed by atoms with van der Waals surface area (Å²) in [6.45, 7) is 6.00. The van der Waals surface area contributed by atoms with Crippen molar-refractivity contribution in [2.75, 3.05) is 5.32 Å². The summed E-state index contributed by atoms with van der Waals surface area (Å²) in [4.78, 5) is 26.4. The maximum Gasteiger partial charge on any atom is 0.247 e. The molecule has 1 aromatic rings. The molecule has 2 N–H and O–H groups in total. The molecule has 5 heteroatoms. The quantitative estimate of drug-likeness (QED) is 0.664. The molecule has 0 aliphatic heterocycles. The molecule has 0 heterocycles. The molecule has 152 valence electrons. The Morgan fingerprint density at radius 3 is 2.14 bits per heavy atom. The summed E-state index contributed by atoms with van der Waals surface area (Å²) in [6, 6.07) is 5.33. The first-order chi connectivity index (χ1) is 13.3. The predicted molar refractivity (Wildman–Crippen MR) is 115 cm³/mol. The topological polar surface area (TPSA) is 58.2 Å². The molecular formula is C23H31BrN2O2. The third kappa shape index (κ3) is 3.74. The number of hydrogen-bond donors (Lipinski definition) is 2. The number of carbonyl (C=O) groups excluding carboxylic acids is 2. The Bertz CT molecular complexity index is 754. The zero-order chi connectivity index (χ0) is 20.1. The summed E-state index contributed by atoms with van der Waals surface area (Å²) in [6.07, 6.45) is 6.97. The average molecular weight is 447 g/mol. The van der Waals surface area contributed by atoms with Crippen LogP contribution in [0, 0.1) is 36.0 Å². The molecule has 2 amide bonds. The number of rotatable bonds is 5. The Balaban J connectivity index is 1.47. The van der Waals surface area contributed by atoms with Crippen LogP contribution in [0.15, 0.2) is 22.7 Å². The van der Waals surface area contributed by atoms with Crippen LogP contribution >= 0.6 is 15.9 Å². The summed E-state index contributed by atoms with van der Waals surface area (Å²) in [5.41, 5.74) is 1.64. The fourth-order valence-electron chi connectivity index (χ4n) is 6.15. The van der Waals surface area contributed by atoms with Crippen molar-refractivity contribution < 1.29 is 9.59 Å². The Hall–Kier alpha value is -1.36. The van der Waals surface area contributed by atoms with Gasteiger partial charge in [0.2, 0.25) is 11.8 Å². The van der Waals surface area contributed by atoms with Crippen molar-refractivity contribution in [3.05, 3.63) is 28.2 Å². The lowest BCUT2D eigenvalue weighted by Gasteiger charge is -2.55. The molecule has 0 aromatic heterocycles. The minimum absolute atomic E-state index is 0.0297. The van der Waals surface area contributed by atoms with Gasteiger partial charge in [-0.2, -0.15) is 0 Å². The molecule has 0 spiro atoms. The second-order valence-corrected chi connectivity index (χ2v) is 10.7. The van der Waals surface area contributed by atoms with E-state index in [2.05, 4.69) is 26.6 Å². The molecular weight excluding hydrogens is 416 g/mol. The molecule has 4 aliphatic rings. The molecule has 1 unspecified atom stereocenters. The zero-order valence-corrected chi connectivity index (χ0v) is 18.6. The first-order valence-corrected chi connectivity index (χ1v) is 11.4. The first-order valence-electron chi connectivity index (χ1n) is 10.6. The summed E-state index contributed by atoms with van der Waals surface area (Å²) in [7, 11) is 0. The van der Waals surface area contributed by atoms with Gasteiger partial charge < -0.3 is 10.6 Å². The molecule has 4 saturated carbocycles. The molecule has 4 nitrogen and oxygen atoms in total. The monoisotopic (exact) mass is 446 g/mol. The number of halogens is 1. The smallest absolute Gasteiger partial charge is 0.247 e. The maximum absolute atomic E-state index is 13.4. The fourth-order valence-corrected chi connectivity index (χ4v) is 6.74. The number of hydrogen-bond acceptors (Lipinski definition) is 2. The third-order valence-corrected chi connectivity index (χ3v) is 7.79. The molecule has 28 heavy (non-hydrogen) atoms. The van der Waals surface area contributed by atoms with Crippen LogP contribution in [0.2, 0.25) is 0 Å². The lowest BCUT2D eigenvalue weighted by molar-refractivity contribution is -0.148.